The van der Waals surface area contributed by atoms with Crippen molar-refractivity contribution in [2.24, 2.45) is 23.2 Å². The van der Waals surface area contributed by atoms with E-state index in [4.69, 9.17) is 4.43 Å². The van der Waals surface area contributed by atoms with Gasteiger partial charge in [-0.1, -0.05) is 71.8 Å². The minimum atomic E-state index is -1.71. The van der Waals surface area contributed by atoms with E-state index in [1.165, 1.54) is 44.9 Å². The smallest absolute Gasteiger partial charge is 0.192 e. The number of hydrogen-bond donors (Lipinski definition) is 0. The second-order valence-corrected chi connectivity index (χ2v) is 17.5. The summed E-state index contributed by atoms with van der Waals surface area (Å²) < 4.78 is 6.81. The van der Waals surface area contributed by atoms with Crippen molar-refractivity contribution in [1.29, 1.82) is 0 Å². The Morgan fingerprint density at radius 3 is 2.55 bits per heavy atom. The molecular weight excluding hydrogens is 392 g/mol. The van der Waals surface area contributed by atoms with Crippen LogP contribution in [0.15, 0.2) is 34.9 Å². The van der Waals surface area contributed by atoms with E-state index in [-0.39, 0.29) is 5.04 Å². The standard InChI is InChI=1S/C29H50OSi/c1-10-21(2)26-17-18-27-23(12-11-19-29(26,27)7)14-15-24-20-25(16-13-22(24)3)30-31(8,9)28(4,5)6/h12,14-15,21,25-27H,10-11,13,16-20H2,1-9H3/b15-14-/t21-,25-,26+,27-,29+/m0/s1. The molecule has 0 unspecified atom stereocenters. The summed E-state index contributed by atoms with van der Waals surface area (Å²) in [6.07, 6.45) is 18.2. The van der Waals surface area contributed by atoms with Crippen LogP contribution < -0.4 is 0 Å². The first-order valence-electron chi connectivity index (χ1n) is 13.1. The van der Waals surface area contributed by atoms with Gasteiger partial charge in [0.05, 0.1) is 0 Å². The van der Waals surface area contributed by atoms with Crippen molar-refractivity contribution in [2.75, 3.05) is 0 Å². The van der Waals surface area contributed by atoms with Gasteiger partial charge in [0.1, 0.15) is 0 Å². The van der Waals surface area contributed by atoms with E-state index < -0.39 is 8.32 Å². The molecule has 0 bridgehead atoms. The van der Waals surface area contributed by atoms with Gasteiger partial charge in [0.25, 0.3) is 0 Å². The van der Waals surface area contributed by atoms with Gasteiger partial charge < -0.3 is 4.43 Å². The summed E-state index contributed by atoms with van der Waals surface area (Å²) >= 11 is 0. The molecule has 2 heteroatoms. The molecule has 0 N–H and O–H groups in total. The molecule has 0 saturated heterocycles. The average Bonchev–Trinajstić information content (AvgIpc) is 3.04. The normalized spacial score (nSPS) is 33.6. The maximum Gasteiger partial charge on any atom is 0.192 e. The molecule has 0 aliphatic heterocycles. The van der Waals surface area contributed by atoms with Gasteiger partial charge in [0.2, 0.25) is 0 Å². The Balaban J connectivity index is 1.72. The van der Waals surface area contributed by atoms with E-state index in [9.17, 15) is 0 Å². The molecule has 5 atom stereocenters. The molecule has 3 aliphatic carbocycles. The van der Waals surface area contributed by atoms with E-state index in [1.54, 1.807) is 16.7 Å². The molecule has 0 heterocycles. The number of allylic oxidation sites excluding steroid dienone is 5. The van der Waals surface area contributed by atoms with Gasteiger partial charge in [-0.25, -0.2) is 0 Å². The molecule has 0 aromatic heterocycles. The largest absolute Gasteiger partial charge is 0.414 e. The zero-order chi connectivity index (χ0) is 23.0. The summed E-state index contributed by atoms with van der Waals surface area (Å²) in [6, 6.07) is 0. The molecule has 1 saturated carbocycles. The topological polar surface area (TPSA) is 9.23 Å². The van der Waals surface area contributed by atoms with Crippen LogP contribution in [0, 0.1) is 23.2 Å². The molecule has 0 radical (unpaired) electrons. The molecule has 0 aromatic carbocycles. The van der Waals surface area contributed by atoms with Gasteiger partial charge in [-0.15, -0.1) is 0 Å². The van der Waals surface area contributed by atoms with Crippen LogP contribution in [-0.4, -0.2) is 14.4 Å². The minimum Gasteiger partial charge on any atom is -0.414 e. The van der Waals surface area contributed by atoms with Gasteiger partial charge >= 0.3 is 0 Å². The summed E-state index contributed by atoms with van der Waals surface area (Å²) in [7, 11) is -1.71. The molecule has 1 nitrogen and oxygen atoms in total. The van der Waals surface area contributed by atoms with Crippen LogP contribution in [0.5, 0.6) is 0 Å². The van der Waals surface area contributed by atoms with Gasteiger partial charge in [0.15, 0.2) is 8.32 Å². The summed E-state index contributed by atoms with van der Waals surface area (Å²) in [5, 5.41) is 0.283. The SMILES string of the molecule is CC[C@H](C)[C@H]1CC[C@H]2C(/C=C\C3=C(C)CC[C@H](O[Si](C)(C)C(C)(C)C)C3)=CCC[C@]12C. The average molecular weight is 443 g/mol. The Labute approximate surface area is 194 Å². The summed E-state index contributed by atoms with van der Waals surface area (Å²) in [4.78, 5) is 0. The predicted octanol–water partition coefficient (Wildman–Crippen LogP) is 9.23. The molecule has 3 rings (SSSR count). The third kappa shape index (κ3) is 5.16. The maximum atomic E-state index is 6.81. The molecular formula is C29H50OSi. The third-order valence-corrected chi connectivity index (χ3v) is 14.3. The van der Waals surface area contributed by atoms with Crippen LogP contribution in [0.1, 0.15) is 99.8 Å². The number of fused-ring (bicyclic) bond motifs is 1. The van der Waals surface area contributed by atoms with Gasteiger partial charge in [-0.3, -0.25) is 0 Å². The molecule has 176 valence electrons. The summed E-state index contributed by atoms with van der Waals surface area (Å²) in [6.45, 7) is 21.7. The lowest BCUT2D eigenvalue weighted by Crippen LogP contribution is -2.44. The van der Waals surface area contributed by atoms with E-state index in [2.05, 4.69) is 79.8 Å². The van der Waals surface area contributed by atoms with Crippen molar-refractivity contribution in [1.82, 2.24) is 0 Å². The zero-order valence-electron chi connectivity index (χ0n) is 22.1. The number of rotatable bonds is 6. The Bertz CT molecular complexity index is 734. The van der Waals surface area contributed by atoms with Gasteiger partial charge in [-0.2, -0.15) is 0 Å². The first-order chi connectivity index (χ1) is 14.4. The molecule has 0 spiro atoms. The molecule has 0 aromatic rings. The lowest BCUT2D eigenvalue weighted by molar-refractivity contribution is 0.111. The molecule has 3 aliphatic rings. The monoisotopic (exact) mass is 442 g/mol. The van der Waals surface area contributed by atoms with Crippen molar-refractivity contribution in [2.45, 2.75) is 124 Å². The fourth-order valence-corrected chi connectivity index (χ4v) is 7.82. The van der Waals surface area contributed by atoms with Crippen molar-refractivity contribution in [3.8, 4) is 0 Å². The molecule has 1 fully saturated rings. The van der Waals surface area contributed by atoms with Crippen LogP contribution in [0.2, 0.25) is 18.1 Å². The third-order valence-electron chi connectivity index (χ3n) is 9.79. The van der Waals surface area contributed by atoms with Crippen LogP contribution >= 0.6 is 0 Å². The second-order valence-electron chi connectivity index (χ2n) is 12.8. The van der Waals surface area contributed by atoms with Crippen LogP contribution in [-0.2, 0) is 4.43 Å². The van der Waals surface area contributed by atoms with Crippen LogP contribution in [0.25, 0.3) is 0 Å². The lowest BCUT2D eigenvalue weighted by Gasteiger charge is -2.43. The highest BCUT2D eigenvalue weighted by Crippen LogP contribution is 2.58. The molecule has 0 amide bonds. The Morgan fingerprint density at radius 2 is 1.90 bits per heavy atom. The van der Waals surface area contributed by atoms with Crippen molar-refractivity contribution in [3.05, 3.63) is 34.9 Å². The first-order valence-corrected chi connectivity index (χ1v) is 16.0. The lowest BCUT2D eigenvalue weighted by atomic mass is 9.62. The quantitative estimate of drug-likeness (QED) is 0.372. The van der Waals surface area contributed by atoms with Crippen LogP contribution in [0.3, 0.4) is 0 Å². The highest BCUT2D eigenvalue weighted by molar-refractivity contribution is 6.74. The van der Waals surface area contributed by atoms with Crippen molar-refractivity contribution in [3.63, 3.8) is 0 Å². The van der Waals surface area contributed by atoms with Crippen molar-refractivity contribution >= 4 is 8.32 Å². The Hall–Kier alpha value is -0.603. The van der Waals surface area contributed by atoms with E-state index in [0.29, 0.717) is 11.5 Å². The minimum absolute atomic E-state index is 0.283. The summed E-state index contributed by atoms with van der Waals surface area (Å²) in [5.41, 5.74) is 5.26. The Kier molecular flexibility index (Phi) is 7.54. The molecule has 31 heavy (non-hydrogen) atoms. The number of hydrogen-bond acceptors (Lipinski definition) is 1. The van der Waals surface area contributed by atoms with Crippen molar-refractivity contribution < 1.29 is 4.43 Å². The first kappa shape index (κ1) is 25.0. The van der Waals surface area contributed by atoms with E-state index in [1.807, 2.05) is 0 Å². The zero-order valence-corrected chi connectivity index (χ0v) is 23.1. The van der Waals surface area contributed by atoms with E-state index in [0.717, 1.165) is 24.2 Å². The fourth-order valence-electron chi connectivity index (χ4n) is 6.43. The summed E-state index contributed by atoms with van der Waals surface area (Å²) in [5.74, 6) is 2.52. The highest BCUT2D eigenvalue weighted by atomic mass is 28.4. The Morgan fingerprint density at radius 1 is 1.19 bits per heavy atom. The van der Waals surface area contributed by atoms with Crippen LogP contribution in [0.4, 0.5) is 0 Å². The fraction of sp³-hybridized carbons (Fsp3) is 0.793. The van der Waals surface area contributed by atoms with E-state index >= 15 is 0 Å². The highest BCUT2D eigenvalue weighted by Gasteiger charge is 2.49. The van der Waals surface area contributed by atoms with Gasteiger partial charge in [0, 0.05) is 6.10 Å². The predicted molar refractivity (Wildman–Crippen MR) is 139 cm³/mol. The second kappa shape index (κ2) is 9.33. The van der Waals surface area contributed by atoms with Gasteiger partial charge in [-0.05, 0) is 104 Å². The maximum absolute atomic E-state index is 6.81.